The van der Waals surface area contributed by atoms with Crippen molar-refractivity contribution in [3.8, 4) is 0 Å². The molecule has 0 amide bonds. The maximum absolute atomic E-state index is 11.5. The zero-order chi connectivity index (χ0) is 19.4. The molecular weight excluding hydrogens is 316 g/mol. The third-order valence-corrected chi connectivity index (χ3v) is 9.94. The van der Waals surface area contributed by atoms with Crippen LogP contribution in [-0.2, 0) is 4.79 Å². The first-order chi connectivity index (χ1) is 12.7. The summed E-state index contributed by atoms with van der Waals surface area (Å²) in [6.45, 7) is 9.25. The highest BCUT2D eigenvalue weighted by Crippen LogP contribution is 2.68. The molecule has 1 heteroatoms. The molecule has 4 aliphatic rings. The third-order valence-electron chi connectivity index (χ3n) is 9.94. The van der Waals surface area contributed by atoms with Gasteiger partial charge in [-0.25, -0.2) is 0 Å². The Balaban J connectivity index is 1.58. The van der Waals surface area contributed by atoms with E-state index in [2.05, 4.69) is 20.8 Å². The van der Waals surface area contributed by atoms with Crippen molar-refractivity contribution in [3.63, 3.8) is 0 Å². The molecule has 1 nitrogen and oxygen atoms in total. The molecule has 0 saturated heterocycles. The van der Waals surface area contributed by atoms with E-state index in [0.29, 0.717) is 34.4 Å². The lowest BCUT2D eigenvalue weighted by Gasteiger charge is -2.61. The zero-order valence-electron chi connectivity index (χ0n) is 18.8. The quantitative estimate of drug-likeness (QED) is 0.526. The molecule has 148 valence electrons. The van der Waals surface area contributed by atoms with Gasteiger partial charge in [0.25, 0.3) is 0 Å². The fourth-order valence-electron chi connectivity index (χ4n) is 8.49. The van der Waals surface area contributed by atoms with Crippen LogP contribution in [0, 0.1) is 46.3 Å². The predicted octanol–water partition coefficient (Wildman–Crippen LogP) is 7.04. The summed E-state index contributed by atoms with van der Waals surface area (Å²) < 4.78 is 9.83. The Morgan fingerprint density at radius 3 is 2.54 bits per heavy atom. The molecule has 0 aromatic carbocycles. The SMILES string of the molecule is [2H][C@@]12CC[C@@H]3CCCC[C@]3(C)C1CC[C@@]1(C)C2CC[C@@H]1C(C)CCC(C)=O. The highest BCUT2D eigenvalue weighted by molar-refractivity contribution is 5.75. The largest absolute Gasteiger partial charge is 0.300 e. The normalized spacial score (nSPS) is 52.4. The van der Waals surface area contributed by atoms with Crippen molar-refractivity contribution >= 4 is 5.78 Å². The van der Waals surface area contributed by atoms with Gasteiger partial charge < -0.3 is 4.79 Å². The number of rotatable bonds is 4. The molecule has 4 rings (SSSR count). The molecule has 4 aliphatic carbocycles. The summed E-state index contributed by atoms with van der Waals surface area (Å²) >= 11 is 0. The fraction of sp³-hybridized carbons (Fsp3) is 0.960. The second kappa shape index (κ2) is 6.93. The molecule has 0 spiro atoms. The Morgan fingerprint density at radius 2 is 1.77 bits per heavy atom. The van der Waals surface area contributed by atoms with Crippen LogP contribution in [0.3, 0.4) is 0 Å². The Labute approximate surface area is 163 Å². The number of hydrogen-bond acceptors (Lipinski definition) is 1. The van der Waals surface area contributed by atoms with Gasteiger partial charge in [-0.05, 0) is 111 Å². The summed E-state index contributed by atoms with van der Waals surface area (Å²) in [5.41, 5.74) is 0.782. The van der Waals surface area contributed by atoms with E-state index in [1.54, 1.807) is 6.92 Å². The molecule has 0 aromatic heterocycles. The summed E-state index contributed by atoms with van der Waals surface area (Å²) in [6.07, 6.45) is 15.1. The molecule has 8 atom stereocenters. The number of fused-ring (bicyclic) bond motifs is 5. The van der Waals surface area contributed by atoms with Crippen LogP contribution < -0.4 is 0 Å². The van der Waals surface area contributed by atoms with Crippen LogP contribution in [0.2, 0.25) is 0 Å². The van der Waals surface area contributed by atoms with E-state index in [-0.39, 0.29) is 5.89 Å². The number of carbonyl (C=O) groups excluding carboxylic acids is 1. The molecule has 0 aromatic rings. The monoisotopic (exact) mass is 359 g/mol. The van der Waals surface area contributed by atoms with Gasteiger partial charge in [0.1, 0.15) is 5.78 Å². The van der Waals surface area contributed by atoms with Crippen molar-refractivity contribution in [2.24, 2.45) is 46.3 Å². The molecule has 0 N–H and O–H groups in total. The minimum absolute atomic E-state index is 0.176. The van der Waals surface area contributed by atoms with Gasteiger partial charge >= 0.3 is 0 Å². The van der Waals surface area contributed by atoms with Crippen molar-refractivity contribution in [2.75, 3.05) is 0 Å². The highest BCUT2D eigenvalue weighted by Gasteiger charge is 2.59. The fourth-order valence-corrected chi connectivity index (χ4v) is 8.49. The maximum atomic E-state index is 11.5. The first kappa shape index (κ1) is 17.7. The minimum Gasteiger partial charge on any atom is -0.300 e. The molecule has 0 radical (unpaired) electrons. The lowest BCUT2D eigenvalue weighted by atomic mass is 9.44. The Bertz CT molecular complexity index is 587. The summed E-state index contributed by atoms with van der Waals surface area (Å²) in [5, 5.41) is 0. The van der Waals surface area contributed by atoms with Gasteiger partial charge in [0, 0.05) is 7.79 Å². The van der Waals surface area contributed by atoms with Crippen LogP contribution >= 0.6 is 0 Å². The summed E-state index contributed by atoms with van der Waals surface area (Å²) in [5.74, 6) is 3.63. The van der Waals surface area contributed by atoms with Crippen LogP contribution in [0.5, 0.6) is 0 Å². The smallest absolute Gasteiger partial charge is 0.129 e. The van der Waals surface area contributed by atoms with Crippen molar-refractivity contribution in [2.45, 2.75) is 105 Å². The second-order valence-electron chi connectivity index (χ2n) is 11.1. The summed E-state index contributed by atoms with van der Waals surface area (Å²) in [4.78, 5) is 11.5. The van der Waals surface area contributed by atoms with Gasteiger partial charge in [-0.1, -0.05) is 33.6 Å². The molecule has 0 bridgehead atoms. The average Bonchev–Trinajstić information content (AvgIpc) is 2.97. The molecule has 26 heavy (non-hydrogen) atoms. The standard InChI is InChI=1S/C25H42O/c1-17(8-9-18(2)26)21-12-13-22-20-11-10-19-7-5-6-15-24(19,3)23(20)14-16-25(21,22)4/h17,19-23H,5-16H2,1-4H3/t17?,19-,20-,21+,22?,23?,24-,25+/m0/s1/i20D. The van der Waals surface area contributed by atoms with Crippen LogP contribution in [0.4, 0.5) is 0 Å². The second-order valence-corrected chi connectivity index (χ2v) is 11.1. The molecule has 0 aliphatic heterocycles. The summed E-state index contributed by atoms with van der Waals surface area (Å²) in [7, 11) is 0. The van der Waals surface area contributed by atoms with Crippen LogP contribution in [0.1, 0.15) is 106 Å². The number of carbonyl (C=O) groups is 1. The zero-order valence-corrected chi connectivity index (χ0v) is 17.8. The van der Waals surface area contributed by atoms with Crippen LogP contribution in [-0.4, -0.2) is 5.78 Å². The van der Waals surface area contributed by atoms with Gasteiger partial charge in [0.05, 0.1) is 0 Å². The molecule has 0 heterocycles. The van der Waals surface area contributed by atoms with E-state index < -0.39 is 0 Å². The molecule has 4 fully saturated rings. The van der Waals surface area contributed by atoms with Gasteiger partial charge in [-0.3, -0.25) is 0 Å². The van der Waals surface area contributed by atoms with Crippen molar-refractivity contribution in [1.29, 1.82) is 0 Å². The van der Waals surface area contributed by atoms with E-state index in [1.165, 1.54) is 57.8 Å². The van der Waals surface area contributed by atoms with Gasteiger partial charge in [0.15, 0.2) is 0 Å². The lowest BCUT2D eigenvalue weighted by molar-refractivity contribution is -0.119. The molecule has 4 saturated carbocycles. The van der Waals surface area contributed by atoms with E-state index in [0.717, 1.165) is 31.1 Å². The first-order valence-corrected chi connectivity index (χ1v) is 11.7. The van der Waals surface area contributed by atoms with E-state index in [4.69, 9.17) is 0 Å². The van der Waals surface area contributed by atoms with E-state index >= 15 is 0 Å². The minimum atomic E-state index is -0.176. The Morgan fingerprint density at radius 1 is 1.00 bits per heavy atom. The van der Waals surface area contributed by atoms with E-state index in [1.807, 2.05) is 0 Å². The van der Waals surface area contributed by atoms with Crippen molar-refractivity contribution < 1.29 is 6.17 Å². The Kier molecular flexibility index (Phi) is 4.73. The predicted molar refractivity (Wildman–Crippen MR) is 109 cm³/mol. The first-order valence-electron chi connectivity index (χ1n) is 12.2. The molecule has 3 unspecified atom stereocenters. The van der Waals surface area contributed by atoms with Crippen LogP contribution in [0.25, 0.3) is 0 Å². The number of hydrogen-bond donors (Lipinski definition) is 0. The topological polar surface area (TPSA) is 17.1 Å². The highest BCUT2D eigenvalue weighted by atomic mass is 16.1. The molecular formula is C25H42O. The average molecular weight is 360 g/mol. The lowest BCUT2D eigenvalue weighted by Crippen LogP contribution is -2.53. The van der Waals surface area contributed by atoms with Gasteiger partial charge in [-0.15, -0.1) is 0 Å². The van der Waals surface area contributed by atoms with E-state index in [9.17, 15) is 6.17 Å². The Hall–Kier alpha value is -0.330. The van der Waals surface area contributed by atoms with Gasteiger partial charge in [-0.2, -0.15) is 0 Å². The third kappa shape index (κ3) is 2.91. The summed E-state index contributed by atoms with van der Waals surface area (Å²) in [6, 6.07) is 0. The van der Waals surface area contributed by atoms with Crippen molar-refractivity contribution in [1.82, 2.24) is 0 Å². The number of ketones is 1. The van der Waals surface area contributed by atoms with Crippen LogP contribution in [0.15, 0.2) is 0 Å². The van der Waals surface area contributed by atoms with Crippen molar-refractivity contribution in [3.05, 3.63) is 0 Å². The maximum Gasteiger partial charge on any atom is 0.129 e. The van der Waals surface area contributed by atoms with Gasteiger partial charge in [0.2, 0.25) is 0 Å². The number of Topliss-reactive ketones (excluding diaryl/α,β-unsaturated/α-hetero) is 1.